The van der Waals surface area contributed by atoms with Crippen LogP contribution in [0.15, 0.2) is 42.5 Å². The number of carbonyl (C=O) groups excluding carboxylic acids is 2. The molecule has 0 bridgehead atoms. The molecule has 0 aromatic heterocycles. The van der Waals surface area contributed by atoms with Gasteiger partial charge in [-0.05, 0) is 61.6 Å². The summed E-state index contributed by atoms with van der Waals surface area (Å²) in [7, 11) is 0. The van der Waals surface area contributed by atoms with E-state index in [1.54, 1.807) is 6.07 Å². The van der Waals surface area contributed by atoms with E-state index in [1.807, 2.05) is 50.2 Å². The first-order chi connectivity index (χ1) is 14.4. The van der Waals surface area contributed by atoms with Gasteiger partial charge >= 0.3 is 6.09 Å². The molecule has 2 amide bonds. The summed E-state index contributed by atoms with van der Waals surface area (Å²) >= 11 is 6.17. The highest BCUT2D eigenvalue weighted by atomic mass is 35.5. The van der Waals surface area contributed by atoms with Crippen LogP contribution in [0.3, 0.4) is 0 Å². The fraction of sp³-hybridized carbons (Fsp3) is 0.391. The van der Waals surface area contributed by atoms with E-state index in [0.717, 1.165) is 16.7 Å². The summed E-state index contributed by atoms with van der Waals surface area (Å²) in [6.45, 7) is 5.05. The highest BCUT2D eigenvalue weighted by molar-refractivity contribution is 6.31. The molecule has 0 saturated carbocycles. The van der Waals surface area contributed by atoms with Crippen molar-refractivity contribution < 1.29 is 19.1 Å². The predicted molar refractivity (Wildman–Crippen MR) is 117 cm³/mol. The average molecular weight is 431 g/mol. The van der Waals surface area contributed by atoms with Gasteiger partial charge in [-0.3, -0.25) is 10.1 Å². The van der Waals surface area contributed by atoms with Gasteiger partial charge < -0.3 is 14.8 Å². The first kappa shape index (κ1) is 22.1. The fourth-order valence-electron chi connectivity index (χ4n) is 3.40. The lowest BCUT2D eigenvalue weighted by Crippen LogP contribution is -2.56. The van der Waals surface area contributed by atoms with Crippen LogP contribution < -0.4 is 10.6 Å². The number of benzene rings is 2. The third kappa shape index (κ3) is 5.97. The molecule has 2 aromatic carbocycles. The Kier molecular flexibility index (Phi) is 7.34. The van der Waals surface area contributed by atoms with Crippen molar-refractivity contribution in [2.45, 2.75) is 38.6 Å². The van der Waals surface area contributed by atoms with E-state index in [4.69, 9.17) is 21.1 Å². The number of hydrogen-bond acceptors (Lipinski definition) is 4. The molecular formula is C23H27ClN2O4. The molecule has 0 spiro atoms. The molecule has 30 heavy (non-hydrogen) atoms. The maximum absolute atomic E-state index is 12.7. The van der Waals surface area contributed by atoms with Crippen molar-refractivity contribution >= 4 is 29.3 Å². The molecule has 1 fully saturated rings. The Balaban J connectivity index is 1.60. The molecular weight excluding hydrogens is 404 g/mol. The summed E-state index contributed by atoms with van der Waals surface area (Å²) in [5, 5.41) is 6.36. The first-order valence-electron chi connectivity index (χ1n) is 10.0. The number of rotatable bonds is 6. The highest BCUT2D eigenvalue weighted by Crippen LogP contribution is 2.23. The number of halogens is 1. The van der Waals surface area contributed by atoms with E-state index in [9.17, 15) is 9.59 Å². The van der Waals surface area contributed by atoms with Gasteiger partial charge in [-0.1, -0.05) is 35.9 Å². The largest absolute Gasteiger partial charge is 0.447 e. The third-order valence-electron chi connectivity index (χ3n) is 5.40. The van der Waals surface area contributed by atoms with E-state index in [2.05, 4.69) is 10.6 Å². The van der Waals surface area contributed by atoms with E-state index in [-0.39, 0.29) is 18.9 Å². The van der Waals surface area contributed by atoms with Gasteiger partial charge in [0.2, 0.25) is 5.91 Å². The van der Waals surface area contributed by atoms with Crippen molar-refractivity contribution in [1.29, 1.82) is 0 Å². The molecule has 2 aromatic rings. The van der Waals surface area contributed by atoms with E-state index < -0.39 is 11.6 Å². The summed E-state index contributed by atoms with van der Waals surface area (Å²) in [5.74, 6) is -0.164. The molecule has 1 heterocycles. The zero-order valence-corrected chi connectivity index (χ0v) is 18.1. The number of aryl methyl sites for hydroxylation is 2. The zero-order chi connectivity index (χ0) is 21.6. The highest BCUT2D eigenvalue weighted by Gasteiger charge is 2.36. The summed E-state index contributed by atoms with van der Waals surface area (Å²) in [5.41, 5.74) is 3.01. The molecule has 3 rings (SSSR count). The minimum Gasteiger partial charge on any atom is -0.447 e. The number of amides is 2. The van der Waals surface area contributed by atoms with Crippen LogP contribution >= 0.6 is 11.6 Å². The van der Waals surface area contributed by atoms with E-state index >= 15 is 0 Å². The second-order valence-corrected chi connectivity index (χ2v) is 8.12. The summed E-state index contributed by atoms with van der Waals surface area (Å²) in [6, 6.07) is 12.9. The van der Waals surface area contributed by atoms with E-state index in [0.29, 0.717) is 36.8 Å². The molecule has 1 aliphatic heterocycles. The average Bonchev–Trinajstić information content (AvgIpc) is 2.72. The third-order valence-corrected chi connectivity index (χ3v) is 5.76. The maximum Gasteiger partial charge on any atom is 0.411 e. The van der Waals surface area contributed by atoms with Crippen molar-refractivity contribution in [1.82, 2.24) is 5.32 Å². The van der Waals surface area contributed by atoms with Crippen LogP contribution in [0.5, 0.6) is 0 Å². The van der Waals surface area contributed by atoms with Gasteiger partial charge in [-0.15, -0.1) is 0 Å². The molecule has 160 valence electrons. The van der Waals surface area contributed by atoms with Gasteiger partial charge in [0, 0.05) is 23.9 Å². The van der Waals surface area contributed by atoms with Gasteiger partial charge in [-0.25, -0.2) is 4.79 Å². The SMILES string of the molecule is Cc1ccc(NC(=O)OCC2(NC(=O)Cc3ccccc3Cl)CCOCC2)cc1C. The second kappa shape index (κ2) is 9.96. The fourth-order valence-corrected chi connectivity index (χ4v) is 3.60. The van der Waals surface area contributed by atoms with Crippen LogP contribution in [0, 0.1) is 13.8 Å². The van der Waals surface area contributed by atoms with Crippen molar-refractivity contribution in [3.8, 4) is 0 Å². The van der Waals surface area contributed by atoms with Crippen LogP contribution in [0.1, 0.15) is 29.5 Å². The van der Waals surface area contributed by atoms with Gasteiger partial charge in [0.1, 0.15) is 6.61 Å². The van der Waals surface area contributed by atoms with Gasteiger partial charge in [0.25, 0.3) is 0 Å². The Bertz CT molecular complexity index is 910. The Labute approximate surface area is 181 Å². The molecule has 1 saturated heterocycles. The number of ether oxygens (including phenoxy) is 2. The monoisotopic (exact) mass is 430 g/mol. The number of hydrogen-bond donors (Lipinski definition) is 2. The van der Waals surface area contributed by atoms with Crippen molar-refractivity contribution in [2.24, 2.45) is 0 Å². The lowest BCUT2D eigenvalue weighted by molar-refractivity contribution is -0.124. The van der Waals surface area contributed by atoms with Crippen LogP contribution in [0.2, 0.25) is 5.02 Å². The lowest BCUT2D eigenvalue weighted by atomic mass is 9.90. The normalized spacial score (nSPS) is 15.3. The smallest absolute Gasteiger partial charge is 0.411 e. The van der Waals surface area contributed by atoms with Gasteiger partial charge in [0.15, 0.2) is 0 Å². The Morgan fingerprint density at radius 1 is 1.10 bits per heavy atom. The molecule has 0 atom stereocenters. The first-order valence-corrected chi connectivity index (χ1v) is 10.4. The maximum atomic E-state index is 12.7. The van der Waals surface area contributed by atoms with E-state index in [1.165, 1.54) is 0 Å². The van der Waals surface area contributed by atoms with Gasteiger partial charge in [-0.2, -0.15) is 0 Å². The van der Waals surface area contributed by atoms with Crippen molar-refractivity contribution in [2.75, 3.05) is 25.1 Å². The predicted octanol–water partition coefficient (Wildman–Crippen LogP) is 4.41. The Morgan fingerprint density at radius 2 is 1.83 bits per heavy atom. The lowest BCUT2D eigenvalue weighted by Gasteiger charge is -2.37. The number of anilines is 1. The summed E-state index contributed by atoms with van der Waals surface area (Å²) in [4.78, 5) is 25.0. The van der Waals surface area contributed by atoms with Crippen LogP contribution in [0.4, 0.5) is 10.5 Å². The second-order valence-electron chi connectivity index (χ2n) is 7.71. The van der Waals surface area contributed by atoms with Crippen molar-refractivity contribution in [3.63, 3.8) is 0 Å². The minimum atomic E-state index is -0.656. The van der Waals surface area contributed by atoms with Gasteiger partial charge in [0.05, 0.1) is 12.0 Å². The quantitative estimate of drug-likeness (QED) is 0.711. The summed E-state index contributed by atoms with van der Waals surface area (Å²) in [6.07, 6.45) is 0.748. The zero-order valence-electron chi connectivity index (χ0n) is 17.3. The molecule has 0 radical (unpaired) electrons. The summed E-state index contributed by atoms with van der Waals surface area (Å²) < 4.78 is 10.9. The molecule has 2 N–H and O–H groups in total. The molecule has 6 nitrogen and oxygen atoms in total. The molecule has 0 unspecified atom stereocenters. The molecule has 0 aliphatic carbocycles. The van der Waals surface area contributed by atoms with Crippen LogP contribution in [-0.2, 0) is 20.7 Å². The standard InChI is InChI=1S/C23H27ClN2O4/c1-16-7-8-19(13-17(16)2)25-22(28)30-15-23(9-11-29-12-10-23)26-21(27)14-18-5-3-4-6-20(18)24/h3-8,13H,9-12,14-15H2,1-2H3,(H,25,28)(H,26,27). The number of nitrogens with one attached hydrogen (secondary N) is 2. The van der Waals surface area contributed by atoms with Crippen LogP contribution in [0.25, 0.3) is 0 Å². The Morgan fingerprint density at radius 3 is 2.53 bits per heavy atom. The van der Waals surface area contributed by atoms with Crippen molar-refractivity contribution in [3.05, 3.63) is 64.2 Å². The number of carbonyl (C=O) groups is 2. The van der Waals surface area contributed by atoms with Crippen LogP contribution in [-0.4, -0.2) is 37.4 Å². The molecule has 7 heteroatoms. The molecule has 1 aliphatic rings. The Hall–Kier alpha value is -2.57. The minimum absolute atomic E-state index is 0.0707. The topological polar surface area (TPSA) is 76.7 Å².